The van der Waals surface area contributed by atoms with Crippen molar-refractivity contribution in [3.8, 4) is 6.01 Å². The molecule has 0 unspecified atom stereocenters. The highest BCUT2D eigenvalue weighted by Crippen LogP contribution is 2.18. The largest absolute Gasteiger partial charge is 0.481 e. The highest BCUT2D eigenvalue weighted by atomic mass is 16.5. The van der Waals surface area contributed by atoms with E-state index in [1.807, 2.05) is 0 Å². The molecule has 7 N–H and O–H groups in total. The Balaban J connectivity index is 1.23. The van der Waals surface area contributed by atoms with Gasteiger partial charge in [0.25, 0.3) is 5.91 Å². The number of carbonyl (C=O) groups excluding carboxylic acids is 1. The maximum atomic E-state index is 12.6. The number of allylic oxidation sites excluding steroid dienone is 1. The van der Waals surface area contributed by atoms with Gasteiger partial charge in [-0.3, -0.25) is 19.2 Å². The van der Waals surface area contributed by atoms with Crippen molar-refractivity contribution in [1.29, 1.82) is 0 Å². The first-order valence-electron chi connectivity index (χ1n) is 12.9. The molecule has 220 valence electrons. The lowest BCUT2D eigenvalue weighted by Gasteiger charge is -2.15. The number of H-pyrrole nitrogens is 1. The fraction of sp³-hybridized carbons (Fsp3) is 0.400. The van der Waals surface area contributed by atoms with Crippen molar-refractivity contribution in [3.05, 3.63) is 57.8 Å². The molecule has 2 aromatic heterocycles. The number of nitrogen functional groups attached to an aromatic ring is 1. The molecule has 0 radical (unpaired) electrons. The van der Waals surface area contributed by atoms with Gasteiger partial charge in [-0.25, -0.2) is 4.79 Å². The van der Waals surface area contributed by atoms with E-state index in [2.05, 4.69) is 31.2 Å². The zero-order chi connectivity index (χ0) is 29.2. The van der Waals surface area contributed by atoms with Gasteiger partial charge in [0, 0.05) is 37.5 Å². The van der Waals surface area contributed by atoms with Gasteiger partial charge in [-0.05, 0) is 17.7 Å². The summed E-state index contributed by atoms with van der Waals surface area (Å²) in [5.41, 5.74) is 14.1. The molecule has 0 fully saturated rings. The van der Waals surface area contributed by atoms with Gasteiger partial charge < -0.3 is 40.8 Å². The second kappa shape index (κ2) is 14.1. The number of imidazole rings is 1. The Morgan fingerprint density at radius 2 is 1.93 bits per heavy atom. The Hall–Kier alpha value is -4.67. The van der Waals surface area contributed by atoms with Crippen LogP contribution in [0.25, 0.3) is 11.2 Å². The molecule has 0 spiro atoms. The third-order valence-corrected chi connectivity index (χ3v) is 5.99. The van der Waals surface area contributed by atoms with Gasteiger partial charge in [0.1, 0.15) is 12.1 Å². The van der Waals surface area contributed by atoms with Crippen LogP contribution in [0.15, 0.2) is 41.0 Å². The number of hydrogen-bond acceptors (Lipinski definition) is 12. The molecule has 41 heavy (non-hydrogen) atoms. The number of benzene rings is 1. The Kier molecular flexibility index (Phi) is 10.1. The molecule has 0 saturated heterocycles. The molecule has 1 aliphatic rings. The third kappa shape index (κ3) is 8.17. The fourth-order valence-electron chi connectivity index (χ4n) is 3.89. The minimum atomic E-state index is -0.851. The molecule has 3 aromatic rings. The van der Waals surface area contributed by atoms with Crippen LogP contribution < -0.4 is 32.4 Å². The number of aliphatic carboxylic acids is 1. The van der Waals surface area contributed by atoms with Gasteiger partial charge >= 0.3 is 17.7 Å². The molecule has 0 bridgehead atoms. The highest BCUT2D eigenvalue weighted by molar-refractivity contribution is 5.94. The highest BCUT2D eigenvalue weighted by Gasteiger charge is 2.16. The van der Waals surface area contributed by atoms with Gasteiger partial charge in [-0.15, -0.1) is 5.53 Å². The van der Waals surface area contributed by atoms with E-state index < -0.39 is 11.7 Å². The van der Waals surface area contributed by atoms with Crippen LogP contribution in [0.5, 0.6) is 6.01 Å². The predicted octanol–water partition coefficient (Wildman–Crippen LogP) is -0.447. The van der Waals surface area contributed by atoms with E-state index in [-0.39, 0.29) is 37.3 Å². The smallest absolute Gasteiger partial charge is 0.328 e. The predicted molar refractivity (Wildman–Crippen MR) is 147 cm³/mol. The molecule has 4 rings (SSSR count). The number of amides is 1. The average Bonchev–Trinajstić information content (AvgIpc) is 3.54. The Labute approximate surface area is 234 Å². The average molecular weight is 572 g/mol. The van der Waals surface area contributed by atoms with E-state index in [1.54, 1.807) is 42.6 Å². The molecule has 0 saturated carbocycles. The maximum Gasteiger partial charge on any atom is 0.328 e. The molecular formula is C25H33N9O7. The van der Waals surface area contributed by atoms with E-state index in [4.69, 9.17) is 25.1 Å². The molecule has 1 aromatic carbocycles. The van der Waals surface area contributed by atoms with E-state index in [0.29, 0.717) is 56.1 Å². The van der Waals surface area contributed by atoms with Crippen molar-refractivity contribution < 1.29 is 28.9 Å². The van der Waals surface area contributed by atoms with Crippen LogP contribution in [0.4, 0.5) is 5.82 Å². The van der Waals surface area contributed by atoms with Crippen LogP contribution in [0.2, 0.25) is 0 Å². The summed E-state index contributed by atoms with van der Waals surface area (Å²) in [5, 5.41) is 13.3. The quantitative estimate of drug-likeness (QED) is 0.120. The van der Waals surface area contributed by atoms with E-state index in [0.717, 1.165) is 11.3 Å². The molecule has 1 aliphatic heterocycles. The maximum absolute atomic E-state index is 12.6. The number of nitrogens with one attached hydrogen (secondary N) is 4. The van der Waals surface area contributed by atoms with Crippen LogP contribution in [-0.2, 0) is 20.8 Å². The molecule has 0 aliphatic carbocycles. The number of methoxy groups -OCH3 is 1. The number of carbonyl (C=O) groups is 2. The Bertz CT molecular complexity index is 1440. The van der Waals surface area contributed by atoms with Crippen LogP contribution in [0.3, 0.4) is 0 Å². The summed E-state index contributed by atoms with van der Waals surface area (Å²) in [6.45, 7) is 2.38. The number of carboxylic acids is 1. The SMILES string of the molecule is COCCOc1nc(N)c2[nH]c(=O)n(Cc3ccc(C(=O)NCCOCCN4C=C(CCC(=O)O)NN4)cc3)c2n1. The number of nitrogens with zero attached hydrogens (tertiary/aromatic N) is 4. The monoisotopic (exact) mass is 571 g/mol. The lowest BCUT2D eigenvalue weighted by Crippen LogP contribution is -2.38. The number of aromatic amines is 1. The lowest BCUT2D eigenvalue weighted by molar-refractivity contribution is -0.136. The van der Waals surface area contributed by atoms with Crippen molar-refractivity contribution in [2.75, 3.05) is 52.4 Å². The number of hydrazine groups is 2. The van der Waals surface area contributed by atoms with Crippen LogP contribution in [-0.4, -0.2) is 88.1 Å². The first-order valence-corrected chi connectivity index (χ1v) is 12.9. The molecule has 1 amide bonds. The minimum absolute atomic E-state index is 0.0412. The standard InChI is InChI=1S/C25H33N9O7/c1-39-12-13-41-24-29-21(26)20-22(30-24)34(25(38)28-20)14-16-2-4-17(5-3-16)23(37)27-8-10-40-11-9-33-15-18(31-32-33)6-7-19(35)36/h2-5,15,31-32H,6-14H2,1H3,(H,27,37)(H,28,38)(H,35,36)(H2,26,29,30). The number of hydrogen-bond donors (Lipinski definition) is 6. The summed E-state index contributed by atoms with van der Waals surface area (Å²) in [4.78, 5) is 46.8. The number of ether oxygens (including phenoxy) is 3. The zero-order valence-corrected chi connectivity index (χ0v) is 22.5. The van der Waals surface area contributed by atoms with Crippen LogP contribution >= 0.6 is 0 Å². The van der Waals surface area contributed by atoms with Gasteiger partial charge in [-0.2, -0.15) is 9.97 Å². The number of rotatable bonds is 16. The molecule has 0 atom stereocenters. The van der Waals surface area contributed by atoms with Crippen molar-refractivity contribution in [2.45, 2.75) is 19.4 Å². The van der Waals surface area contributed by atoms with E-state index in [1.165, 1.54) is 4.57 Å². The van der Waals surface area contributed by atoms with Gasteiger partial charge in [0.15, 0.2) is 11.5 Å². The normalized spacial score (nSPS) is 12.8. The summed E-state index contributed by atoms with van der Waals surface area (Å²) < 4.78 is 17.4. The zero-order valence-electron chi connectivity index (χ0n) is 22.5. The van der Waals surface area contributed by atoms with E-state index in [9.17, 15) is 14.4 Å². The summed E-state index contributed by atoms with van der Waals surface area (Å²) in [5.74, 6) is -1.01. The second-order valence-corrected chi connectivity index (χ2v) is 8.99. The molecule has 16 nitrogen and oxygen atoms in total. The summed E-state index contributed by atoms with van der Waals surface area (Å²) in [7, 11) is 1.55. The number of carboxylic acid groups (broad SMARTS) is 1. The van der Waals surface area contributed by atoms with Gasteiger partial charge in [-0.1, -0.05) is 12.1 Å². The van der Waals surface area contributed by atoms with Crippen LogP contribution in [0.1, 0.15) is 28.8 Å². The van der Waals surface area contributed by atoms with E-state index >= 15 is 0 Å². The summed E-state index contributed by atoms with van der Waals surface area (Å²) in [6.07, 6.45) is 2.26. The minimum Gasteiger partial charge on any atom is -0.481 e. The van der Waals surface area contributed by atoms with Crippen molar-refractivity contribution in [1.82, 2.24) is 40.8 Å². The van der Waals surface area contributed by atoms with Crippen LogP contribution in [0, 0.1) is 0 Å². The first kappa shape index (κ1) is 29.3. The fourth-order valence-corrected chi connectivity index (χ4v) is 3.89. The second-order valence-electron chi connectivity index (χ2n) is 8.99. The molecule has 16 heteroatoms. The van der Waals surface area contributed by atoms with Gasteiger partial charge in [0.05, 0.1) is 39.3 Å². The number of fused-ring (bicyclic) bond motifs is 1. The topological polar surface area (TPSA) is 211 Å². The lowest BCUT2D eigenvalue weighted by atomic mass is 10.1. The number of nitrogens with two attached hydrogens (primary N) is 1. The Morgan fingerprint density at radius 3 is 2.68 bits per heavy atom. The summed E-state index contributed by atoms with van der Waals surface area (Å²) >= 11 is 0. The van der Waals surface area contributed by atoms with Crippen molar-refractivity contribution >= 4 is 28.9 Å². The third-order valence-electron chi connectivity index (χ3n) is 5.99. The molecule has 3 heterocycles. The molecular weight excluding hydrogens is 538 g/mol. The number of anilines is 1. The first-order chi connectivity index (χ1) is 19.8. The Morgan fingerprint density at radius 1 is 1.12 bits per heavy atom. The number of aromatic nitrogens is 4. The van der Waals surface area contributed by atoms with Crippen molar-refractivity contribution in [2.24, 2.45) is 0 Å². The summed E-state index contributed by atoms with van der Waals surface area (Å²) in [6, 6.07) is 6.90. The van der Waals surface area contributed by atoms with Crippen molar-refractivity contribution in [3.63, 3.8) is 0 Å². The van der Waals surface area contributed by atoms with Gasteiger partial charge in [0.2, 0.25) is 0 Å².